The number of carbonyl (C=O) groups is 1. The lowest BCUT2D eigenvalue weighted by Crippen LogP contribution is -2.52. The Morgan fingerprint density at radius 2 is 2.25 bits per heavy atom. The van der Waals surface area contributed by atoms with Gasteiger partial charge in [-0.15, -0.1) is 0 Å². The van der Waals surface area contributed by atoms with Crippen LogP contribution in [0.3, 0.4) is 0 Å². The Balaban J connectivity index is 2.00. The van der Waals surface area contributed by atoms with Crippen LogP contribution in [0.5, 0.6) is 0 Å². The maximum atomic E-state index is 12.5. The van der Waals surface area contributed by atoms with Gasteiger partial charge in [0.25, 0.3) is 0 Å². The molecule has 0 aliphatic carbocycles. The molecule has 1 aliphatic rings. The molecule has 110 valence electrons. The lowest BCUT2D eigenvalue weighted by Gasteiger charge is -2.30. The zero-order chi connectivity index (χ0) is 14.2. The normalized spacial score (nSPS) is 18.8. The lowest BCUT2D eigenvalue weighted by molar-refractivity contribution is -0.137. The van der Waals surface area contributed by atoms with Crippen LogP contribution in [-0.2, 0) is 20.8 Å². The van der Waals surface area contributed by atoms with E-state index < -0.39 is 0 Å². The summed E-state index contributed by atoms with van der Waals surface area (Å²) in [5.41, 5.74) is 1.12. The number of morpholine rings is 1. The molecule has 1 aliphatic heterocycles. The zero-order valence-corrected chi connectivity index (χ0v) is 11.9. The number of hydrogen-bond donors (Lipinski definition) is 1. The van der Waals surface area contributed by atoms with E-state index in [1.165, 1.54) is 0 Å². The van der Waals surface area contributed by atoms with Gasteiger partial charge >= 0.3 is 0 Å². The summed E-state index contributed by atoms with van der Waals surface area (Å²) in [4.78, 5) is 14.4. The standard InChI is InChI=1S/C15H22N2O3/c1-19-10-8-17(11-13-5-3-2-4-6-13)15(18)14-12-20-9-7-16-14/h2-6,14,16H,7-12H2,1H3. The minimum absolute atomic E-state index is 0.0746. The van der Waals surface area contributed by atoms with E-state index in [1.807, 2.05) is 35.2 Å². The van der Waals surface area contributed by atoms with Gasteiger partial charge in [0.05, 0.1) is 19.8 Å². The predicted molar refractivity (Wildman–Crippen MR) is 76.3 cm³/mol. The van der Waals surface area contributed by atoms with Crippen LogP contribution in [0.4, 0.5) is 0 Å². The molecular weight excluding hydrogens is 256 g/mol. The van der Waals surface area contributed by atoms with Crippen molar-refractivity contribution in [2.24, 2.45) is 0 Å². The van der Waals surface area contributed by atoms with Gasteiger partial charge in [0, 0.05) is 26.7 Å². The van der Waals surface area contributed by atoms with Gasteiger partial charge in [-0.05, 0) is 5.56 Å². The van der Waals surface area contributed by atoms with Crippen LogP contribution in [-0.4, -0.2) is 56.9 Å². The Morgan fingerprint density at radius 3 is 2.90 bits per heavy atom. The number of benzene rings is 1. The predicted octanol–water partition coefficient (Wildman–Crippen LogP) is 0.650. The van der Waals surface area contributed by atoms with E-state index in [0.717, 1.165) is 12.1 Å². The molecule has 1 fully saturated rings. The second kappa shape index (κ2) is 7.99. The number of rotatable bonds is 6. The molecular formula is C15H22N2O3. The summed E-state index contributed by atoms with van der Waals surface area (Å²) < 4.78 is 10.5. The summed E-state index contributed by atoms with van der Waals surface area (Å²) >= 11 is 0. The highest BCUT2D eigenvalue weighted by Crippen LogP contribution is 2.07. The first-order valence-electron chi connectivity index (χ1n) is 6.94. The molecule has 0 saturated carbocycles. The van der Waals surface area contributed by atoms with Gasteiger partial charge in [-0.1, -0.05) is 30.3 Å². The first kappa shape index (κ1) is 15.0. The lowest BCUT2D eigenvalue weighted by atomic mass is 10.2. The third-order valence-corrected chi connectivity index (χ3v) is 3.31. The van der Waals surface area contributed by atoms with E-state index in [0.29, 0.717) is 32.9 Å². The first-order chi connectivity index (χ1) is 9.81. The number of nitrogens with one attached hydrogen (secondary N) is 1. The first-order valence-corrected chi connectivity index (χ1v) is 6.94. The molecule has 0 spiro atoms. The van der Waals surface area contributed by atoms with Crippen LogP contribution >= 0.6 is 0 Å². The molecule has 1 N–H and O–H groups in total. The topological polar surface area (TPSA) is 50.8 Å². The quantitative estimate of drug-likeness (QED) is 0.830. The van der Waals surface area contributed by atoms with Gasteiger partial charge < -0.3 is 19.7 Å². The Hall–Kier alpha value is -1.43. The van der Waals surface area contributed by atoms with Gasteiger partial charge in [0.15, 0.2) is 0 Å². The molecule has 1 unspecified atom stereocenters. The molecule has 5 heteroatoms. The maximum Gasteiger partial charge on any atom is 0.242 e. The highest BCUT2D eigenvalue weighted by Gasteiger charge is 2.26. The van der Waals surface area contributed by atoms with Crippen LogP contribution < -0.4 is 5.32 Å². The molecule has 1 amide bonds. The van der Waals surface area contributed by atoms with Crippen molar-refractivity contribution in [3.63, 3.8) is 0 Å². The minimum atomic E-state index is -0.246. The van der Waals surface area contributed by atoms with Crippen molar-refractivity contribution in [3.8, 4) is 0 Å². The smallest absolute Gasteiger partial charge is 0.242 e. The fourth-order valence-electron chi connectivity index (χ4n) is 2.22. The molecule has 20 heavy (non-hydrogen) atoms. The van der Waals surface area contributed by atoms with Crippen molar-refractivity contribution >= 4 is 5.91 Å². The monoisotopic (exact) mass is 278 g/mol. The molecule has 0 radical (unpaired) electrons. The fourth-order valence-corrected chi connectivity index (χ4v) is 2.22. The minimum Gasteiger partial charge on any atom is -0.383 e. The summed E-state index contributed by atoms with van der Waals surface area (Å²) in [5.74, 6) is 0.0746. The van der Waals surface area contributed by atoms with E-state index in [-0.39, 0.29) is 11.9 Å². The summed E-state index contributed by atoms with van der Waals surface area (Å²) in [6.07, 6.45) is 0. The Labute approximate surface area is 119 Å². The Morgan fingerprint density at radius 1 is 1.45 bits per heavy atom. The second-order valence-electron chi connectivity index (χ2n) is 4.82. The number of amides is 1. The average Bonchev–Trinajstić information content (AvgIpc) is 2.52. The van der Waals surface area contributed by atoms with Crippen LogP contribution in [0, 0.1) is 0 Å². The number of hydrogen-bond acceptors (Lipinski definition) is 4. The van der Waals surface area contributed by atoms with E-state index in [2.05, 4.69) is 5.32 Å². The van der Waals surface area contributed by atoms with Gasteiger partial charge in [-0.3, -0.25) is 4.79 Å². The molecule has 2 rings (SSSR count). The van der Waals surface area contributed by atoms with Gasteiger partial charge in [0.1, 0.15) is 6.04 Å². The molecule has 1 atom stereocenters. The largest absolute Gasteiger partial charge is 0.383 e. The van der Waals surface area contributed by atoms with Crippen LogP contribution in [0.2, 0.25) is 0 Å². The molecule has 1 heterocycles. The maximum absolute atomic E-state index is 12.5. The summed E-state index contributed by atoms with van der Waals surface area (Å²) in [5, 5.41) is 3.20. The third-order valence-electron chi connectivity index (χ3n) is 3.31. The zero-order valence-electron chi connectivity index (χ0n) is 11.9. The number of ether oxygens (including phenoxy) is 2. The van der Waals surface area contributed by atoms with Gasteiger partial charge in [-0.25, -0.2) is 0 Å². The van der Waals surface area contributed by atoms with Crippen molar-refractivity contribution in [1.29, 1.82) is 0 Å². The van der Waals surface area contributed by atoms with Crippen molar-refractivity contribution in [3.05, 3.63) is 35.9 Å². The van der Waals surface area contributed by atoms with Crippen molar-refractivity contribution in [2.45, 2.75) is 12.6 Å². The van der Waals surface area contributed by atoms with E-state index >= 15 is 0 Å². The summed E-state index contributed by atoms with van der Waals surface area (Å²) in [6, 6.07) is 9.74. The van der Waals surface area contributed by atoms with E-state index in [9.17, 15) is 4.79 Å². The van der Waals surface area contributed by atoms with E-state index in [1.54, 1.807) is 7.11 Å². The Kier molecular flexibility index (Phi) is 5.98. The number of methoxy groups -OCH3 is 1. The van der Waals surface area contributed by atoms with Crippen LogP contribution in [0.25, 0.3) is 0 Å². The average molecular weight is 278 g/mol. The molecule has 1 saturated heterocycles. The SMILES string of the molecule is COCCN(Cc1ccccc1)C(=O)C1COCCN1. The second-order valence-corrected chi connectivity index (χ2v) is 4.82. The third kappa shape index (κ3) is 4.30. The number of nitrogens with zero attached hydrogens (tertiary/aromatic N) is 1. The Bertz CT molecular complexity index is 405. The van der Waals surface area contributed by atoms with Crippen LogP contribution in [0.1, 0.15) is 5.56 Å². The highest BCUT2D eigenvalue weighted by atomic mass is 16.5. The van der Waals surface area contributed by atoms with Gasteiger partial charge in [0.2, 0.25) is 5.91 Å². The van der Waals surface area contributed by atoms with Gasteiger partial charge in [-0.2, -0.15) is 0 Å². The summed E-state index contributed by atoms with van der Waals surface area (Å²) in [6.45, 7) is 3.55. The molecule has 0 bridgehead atoms. The molecule has 1 aromatic carbocycles. The molecule has 0 aromatic heterocycles. The number of carbonyl (C=O) groups excluding carboxylic acids is 1. The molecule has 1 aromatic rings. The van der Waals surface area contributed by atoms with E-state index in [4.69, 9.17) is 9.47 Å². The highest BCUT2D eigenvalue weighted by molar-refractivity contribution is 5.82. The van der Waals surface area contributed by atoms with Crippen molar-refractivity contribution in [1.82, 2.24) is 10.2 Å². The van der Waals surface area contributed by atoms with Crippen LogP contribution in [0.15, 0.2) is 30.3 Å². The summed E-state index contributed by atoms with van der Waals surface area (Å²) in [7, 11) is 1.65. The molecule has 5 nitrogen and oxygen atoms in total. The van der Waals surface area contributed by atoms with Crippen molar-refractivity contribution < 1.29 is 14.3 Å². The fraction of sp³-hybridized carbons (Fsp3) is 0.533. The van der Waals surface area contributed by atoms with Crippen molar-refractivity contribution in [2.75, 3.05) is 40.0 Å².